The van der Waals surface area contributed by atoms with Crippen LogP contribution in [0.15, 0.2) is 53.7 Å². The van der Waals surface area contributed by atoms with Crippen LogP contribution < -0.4 is 11.1 Å². The van der Waals surface area contributed by atoms with Crippen LogP contribution in [0.5, 0.6) is 0 Å². The summed E-state index contributed by atoms with van der Waals surface area (Å²) in [6.45, 7) is 0. The first-order valence-electron chi connectivity index (χ1n) is 7.07. The predicted molar refractivity (Wildman–Crippen MR) is 96.2 cm³/mol. The number of nitrogens with two attached hydrogens (primary N) is 1. The largest absolute Gasteiger partial charge is 0.368 e. The van der Waals surface area contributed by atoms with Crippen molar-refractivity contribution in [2.75, 3.05) is 11.1 Å². The molecule has 0 radical (unpaired) electrons. The number of aromatic nitrogens is 3. The van der Waals surface area contributed by atoms with Crippen LogP contribution in [0.1, 0.15) is 15.9 Å². The third-order valence-corrected chi connectivity index (χ3v) is 4.34. The van der Waals surface area contributed by atoms with Gasteiger partial charge in [-0.05, 0) is 42.0 Å². The molecular formula is C16H14ClN5OS. The molecule has 1 amide bonds. The van der Waals surface area contributed by atoms with E-state index in [1.807, 2.05) is 12.1 Å². The summed E-state index contributed by atoms with van der Waals surface area (Å²) >= 11 is 7.29. The molecule has 8 heteroatoms. The molecule has 2 aromatic carbocycles. The van der Waals surface area contributed by atoms with Gasteiger partial charge in [-0.3, -0.25) is 4.79 Å². The molecule has 0 spiro atoms. The molecule has 0 bridgehead atoms. The first kappa shape index (κ1) is 16.4. The molecule has 0 aliphatic heterocycles. The first-order valence-corrected chi connectivity index (χ1v) is 8.43. The van der Waals surface area contributed by atoms with E-state index >= 15 is 0 Å². The van der Waals surface area contributed by atoms with Gasteiger partial charge in [-0.2, -0.15) is 4.98 Å². The van der Waals surface area contributed by atoms with Crippen molar-refractivity contribution in [2.24, 2.45) is 0 Å². The Kier molecular flexibility index (Phi) is 5.02. The average Bonchev–Trinajstić information content (AvgIpc) is 3.01. The fourth-order valence-corrected chi connectivity index (χ4v) is 2.85. The number of nitrogens with zero attached hydrogens (tertiary/aromatic N) is 2. The highest BCUT2D eigenvalue weighted by Gasteiger charge is 2.07. The van der Waals surface area contributed by atoms with Gasteiger partial charge < -0.3 is 11.1 Å². The van der Waals surface area contributed by atoms with Crippen LogP contribution in [-0.2, 0) is 5.75 Å². The molecule has 1 heterocycles. The van der Waals surface area contributed by atoms with Gasteiger partial charge in [-0.25, -0.2) is 5.10 Å². The molecule has 3 rings (SSSR count). The van der Waals surface area contributed by atoms with Gasteiger partial charge in [0.1, 0.15) is 0 Å². The zero-order valence-electron chi connectivity index (χ0n) is 12.5. The molecule has 0 unspecified atom stereocenters. The molecule has 3 aromatic rings. The molecule has 24 heavy (non-hydrogen) atoms. The Labute approximate surface area is 147 Å². The Morgan fingerprint density at radius 1 is 1.17 bits per heavy atom. The average molecular weight is 360 g/mol. The van der Waals surface area contributed by atoms with Crippen molar-refractivity contribution in [3.63, 3.8) is 0 Å². The summed E-state index contributed by atoms with van der Waals surface area (Å²) in [4.78, 5) is 16.2. The van der Waals surface area contributed by atoms with E-state index in [4.69, 9.17) is 17.3 Å². The number of halogens is 1. The summed E-state index contributed by atoms with van der Waals surface area (Å²) in [6.07, 6.45) is 0. The van der Waals surface area contributed by atoms with Crippen molar-refractivity contribution in [1.29, 1.82) is 0 Å². The molecule has 6 nitrogen and oxygen atoms in total. The van der Waals surface area contributed by atoms with Crippen molar-refractivity contribution in [3.05, 3.63) is 64.7 Å². The summed E-state index contributed by atoms with van der Waals surface area (Å²) in [5, 5.41) is 10.6. The second kappa shape index (κ2) is 7.37. The third kappa shape index (κ3) is 4.27. The number of rotatable bonds is 5. The number of benzene rings is 2. The molecule has 4 N–H and O–H groups in total. The molecule has 0 aliphatic carbocycles. The van der Waals surface area contributed by atoms with Gasteiger partial charge in [0.25, 0.3) is 5.91 Å². The van der Waals surface area contributed by atoms with Crippen LogP contribution in [0, 0.1) is 0 Å². The molecule has 122 valence electrons. The minimum atomic E-state index is -0.168. The van der Waals surface area contributed by atoms with Crippen LogP contribution in [0.25, 0.3) is 0 Å². The van der Waals surface area contributed by atoms with Crippen LogP contribution >= 0.6 is 23.4 Å². The highest BCUT2D eigenvalue weighted by atomic mass is 35.5. The number of carbonyl (C=O) groups excluding carboxylic acids is 1. The number of carbonyl (C=O) groups is 1. The maximum Gasteiger partial charge on any atom is 0.255 e. The van der Waals surface area contributed by atoms with E-state index in [-0.39, 0.29) is 5.91 Å². The van der Waals surface area contributed by atoms with Crippen molar-refractivity contribution in [3.8, 4) is 0 Å². The van der Waals surface area contributed by atoms with Gasteiger partial charge in [-0.15, -0.1) is 5.10 Å². The molecule has 0 aliphatic rings. The standard InChI is InChI=1S/C16H14ClN5OS/c17-12-5-7-13(8-6-12)19-14(23)11-3-1-10(2-4-11)9-24-16-20-15(18)21-22-16/h1-8H,9H2,(H,19,23)(H3,18,20,21,22). The molecule has 0 saturated carbocycles. The lowest BCUT2D eigenvalue weighted by Crippen LogP contribution is -2.11. The fourth-order valence-electron chi connectivity index (χ4n) is 1.96. The predicted octanol–water partition coefficient (Wildman–Crippen LogP) is 3.58. The maximum absolute atomic E-state index is 12.2. The monoisotopic (exact) mass is 359 g/mol. The minimum absolute atomic E-state index is 0.168. The lowest BCUT2D eigenvalue weighted by molar-refractivity contribution is 0.102. The summed E-state index contributed by atoms with van der Waals surface area (Å²) in [5.41, 5.74) is 7.82. The number of hydrogen-bond donors (Lipinski definition) is 3. The number of nitrogen functional groups attached to an aromatic ring is 1. The maximum atomic E-state index is 12.2. The normalized spacial score (nSPS) is 10.5. The zero-order chi connectivity index (χ0) is 16.9. The first-order chi connectivity index (χ1) is 11.6. The van der Waals surface area contributed by atoms with Crippen LogP contribution in [0.2, 0.25) is 5.02 Å². The second-order valence-electron chi connectivity index (χ2n) is 4.95. The highest BCUT2D eigenvalue weighted by Crippen LogP contribution is 2.20. The Morgan fingerprint density at radius 3 is 2.50 bits per heavy atom. The van der Waals surface area contributed by atoms with Crippen molar-refractivity contribution in [1.82, 2.24) is 15.2 Å². The Morgan fingerprint density at radius 2 is 1.88 bits per heavy atom. The van der Waals surface area contributed by atoms with E-state index in [0.717, 1.165) is 5.56 Å². The van der Waals surface area contributed by atoms with Crippen molar-refractivity contribution < 1.29 is 4.79 Å². The number of amides is 1. The molecule has 0 fully saturated rings. The zero-order valence-corrected chi connectivity index (χ0v) is 14.1. The van der Waals surface area contributed by atoms with Gasteiger partial charge in [0, 0.05) is 22.0 Å². The topological polar surface area (TPSA) is 96.7 Å². The number of anilines is 2. The van der Waals surface area contributed by atoms with E-state index in [1.54, 1.807) is 36.4 Å². The van der Waals surface area contributed by atoms with Crippen LogP contribution in [0.4, 0.5) is 11.6 Å². The summed E-state index contributed by atoms with van der Waals surface area (Å²) in [6, 6.07) is 14.4. The third-order valence-electron chi connectivity index (χ3n) is 3.17. The quantitative estimate of drug-likeness (QED) is 0.605. The Hall–Kier alpha value is -2.51. The molecule has 0 saturated heterocycles. The molecule has 0 atom stereocenters. The van der Waals surface area contributed by atoms with Gasteiger partial charge in [0.15, 0.2) is 0 Å². The summed E-state index contributed by atoms with van der Waals surface area (Å²) in [7, 11) is 0. The lowest BCUT2D eigenvalue weighted by atomic mass is 10.1. The summed E-state index contributed by atoms with van der Waals surface area (Å²) in [5.74, 6) is 0.820. The SMILES string of the molecule is Nc1nc(SCc2ccc(C(=O)Nc3ccc(Cl)cc3)cc2)n[nH]1. The van der Waals surface area contributed by atoms with Crippen molar-refractivity contribution >= 4 is 40.9 Å². The van der Waals surface area contributed by atoms with Crippen LogP contribution in [0.3, 0.4) is 0 Å². The van der Waals surface area contributed by atoms with Crippen molar-refractivity contribution in [2.45, 2.75) is 10.9 Å². The number of thioether (sulfide) groups is 1. The Balaban J connectivity index is 1.59. The highest BCUT2D eigenvalue weighted by molar-refractivity contribution is 7.98. The number of nitrogens with one attached hydrogen (secondary N) is 2. The fraction of sp³-hybridized carbons (Fsp3) is 0.0625. The van der Waals surface area contributed by atoms with E-state index in [2.05, 4.69) is 20.5 Å². The van der Waals surface area contributed by atoms with Gasteiger partial charge in [-0.1, -0.05) is 35.5 Å². The van der Waals surface area contributed by atoms with E-state index in [0.29, 0.717) is 33.1 Å². The molecule has 1 aromatic heterocycles. The summed E-state index contributed by atoms with van der Waals surface area (Å²) < 4.78 is 0. The lowest BCUT2D eigenvalue weighted by Gasteiger charge is -2.06. The van der Waals surface area contributed by atoms with Gasteiger partial charge >= 0.3 is 0 Å². The van der Waals surface area contributed by atoms with E-state index in [1.165, 1.54) is 11.8 Å². The number of H-pyrrole nitrogens is 1. The second-order valence-corrected chi connectivity index (χ2v) is 6.33. The Bertz CT molecular complexity index is 832. The molecular weight excluding hydrogens is 346 g/mol. The number of hydrogen-bond acceptors (Lipinski definition) is 5. The van der Waals surface area contributed by atoms with Crippen LogP contribution in [-0.4, -0.2) is 21.1 Å². The van der Waals surface area contributed by atoms with E-state index < -0.39 is 0 Å². The smallest absolute Gasteiger partial charge is 0.255 e. The van der Waals surface area contributed by atoms with E-state index in [9.17, 15) is 4.79 Å². The van der Waals surface area contributed by atoms with Gasteiger partial charge in [0.05, 0.1) is 0 Å². The minimum Gasteiger partial charge on any atom is -0.368 e. The van der Waals surface area contributed by atoms with Gasteiger partial charge in [0.2, 0.25) is 11.1 Å². The number of aromatic amines is 1.